The summed E-state index contributed by atoms with van der Waals surface area (Å²) >= 11 is 1.21. The van der Waals surface area contributed by atoms with Crippen LogP contribution in [0.2, 0.25) is 0 Å². The van der Waals surface area contributed by atoms with Crippen LogP contribution in [-0.2, 0) is 24.3 Å². The summed E-state index contributed by atoms with van der Waals surface area (Å²) < 4.78 is 26.5. The first-order valence-corrected chi connectivity index (χ1v) is 11.7. The lowest BCUT2D eigenvalue weighted by Crippen LogP contribution is -2.43. The number of ether oxygens (including phenoxy) is 2. The molecule has 35 heavy (non-hydrogen) atoms. The van der Waals surface area contributed by atoms with Crippen LogP contribution in [0.3, 0.4) is 0 Å². The summed E-state index contributed by atoms with van der Waals surface area (Å²) in [5.74, 6) is 0.375. The second-order valence-corrected chi connectivity index (χ2v) is 8.73. The molecular weight excluding hydrogens is 473 g/mol. The summed E-state index contributed by atoms with van der Waals surface area (Å²) in [4.78, 5) is 38.7. The summed E-state index contributed by atoms with van der Waals surface area (Å²) in [5, 5.41) is 4.48. The van der Waals surface area contributed by atoms with Gasteiger partial charge >= 0.3 is 5.69 Å². The molecule has 10 heteroatoms. The van der Waals surface area contributed by atoms with Crippen LogP contribution in [0.15, 0.2) is 63.5 Å². The molecule has 0 saturated carbocycles. The molecule has 4 rings (SSSR count). The molecule has 0 radical (unpaired) electrons. The summed E-state index contributed by atoms with van der Waals surface area (Å²) in [7, 11) is 3.11. The molecule has 4 aromatic rings. The van der Waals surface area contributed by atoms with Crippen molar-refractivity contribution in [3.8, 4) is 11.5 Å². The van der Waals surface area contributed by atoms with Gasteiger partial charge in [0.2, 0.25) is 5.91 Å². The highest BCUT2D eigenvalue weighted by molar-refractivity contribution is 7.17. The van der Waals surface area contributed by atoms with Gasteiger partial charge < -0.3 is 14.8 Å². The van der Waals surface area contributed by atoms with E-state index in [4.69, 9.17) is 9.47 Å². The number of aromatic nitrogens is 2. The number of benzene rings is 2. The van der Waals surface area contributed by atoms with E-state index in [0.29, 0.717) is 40.2 Å². The zero-order valence-corrected chi connectivity index (χ0v) is 20.1. The van der Waals surface area contributed by atoms with Crippen molar-refractivity contribution in [2.24, 2.45) is 0 Å². The van der Waals surface area contributed by atoms with E-state index >= 15 is 0 Å². The number of hydrogen-bond acceptors (Lipinski definition) is 6. The van der Waals surface area contributed by atoms with Gasteiger partial charge in [-0.2, -0.15) is 0 Å². The van der Waals surface area contributed by atoms with Crippen LogP contribution < -0.4 is 26.0 Å². The highest BCUT2D eigenvalue weighted by Gasteiger charge is 2.17. The van der Waals surface area contributed by atoms with Crippen molar-refractivity contribution in [2.75, 3.05) is 20.8 Å². The largest absolute Gasteiger partial charge is 0.493 e. The summed E-state index contributed by atoms with van der Waals surface area (Å²) in [5.41, 5.74) is 1.01. The molecule has 2 aromatic heterocycles. The van der Waals surface area contributed by atoms with Gasteiger partial charge in [-0.1, -0.05) is 18.2 Å². The van der Waals surface area contributed by atoms with E-state index in [2.05, 4.69) is 5.32 Å². The number of carbonyl (C=O) groups is 1. The molecule has 1 amide bonds. The van der Waals surface area contributed by atoms with Crippen molar-refractivity contribution in [1.29, 1.82) is 0 Å². The van der Waals surface area contributed by atoms with Gasteiger partial charge in [-0.3, -0.25) is 14.2 Å². The van der Waals surface area contributed by atoms with Gasteiger partial charge in [0.05, 0.1) is 26.3 Å². The second kappa shape index (κ2) is 10.6. The lowest BCUT2D eigenvalue weighted by molar-refractivity contribution is -0.121. The SMILES string of the molecule is COc1ccc(CCNC(=O)Cn2c(=O)c3sccc3n(Cc3ccc(F)cc3)c2=O)cc1OC. The van der Waals surface area contributed by atoms with Crippen molar-refractivity contribution < 1.29 is 18.7 Å². The van der Waals surface area contributed by atoms with Crippen LogP contribution in [0.1, 0.15) is 11.1 Å². The van der Waals surface area contributed by atoms with Crippen molar-refractivity contribution in [3.05, 3.63) is 91.7 Å². The Kier molecular flexibility index (Phi) is 7.31. The number of carbonyl (C=O) groups excluding carboxylic acids is 1. The molecule has 8 nitrogen and oxygen atoms in total. The summed E-state index contributed by atoms with van der Waals surface area (Å²) in [6.45, 7) is 0.0580. The van der Waals surface area contributed by atoms with Gasteiger partial charge in [-0.25, -0.2) is 13.8 Å². The fraction of sp³-hybridized carbons (Fsp3) is 0.240. The second-order valence-electron chi connectivity index (χ2n) is 7.81. The first kappa shape index (κ1) is 24.2. The molecule has 0 aliphatic rings. The molecule has 0 atom stereocenters. The minimum atomic E-state index is -0.597. The van der Waals surface area contributed by atoms with E-state index in [1.54, 1.807) is 43.9 Å². The Morgan fingerprint density at radius 1 is 0.971 bits per heavy atom. The third kappa shape index (κ3) is 5.27. The lowest BCUT2D eigenvalue weighted by Gasteiger charge is -2.13. The molecule has 0 saturated heterocycles. The first-order valence-electron chi connectivity index (χ1n) is 10.8. The fourth-order valence-corrected chi connectivity index (χ4v) is 4.62. The summed E-state index contributed by atoms with van der Waals surface area (Å²) in [6.07, 6.45) is 0.528. The zero-order chi connectivity index (χ0) is 24.9. The number of fused-ring (bicyclic) bond motifs is 1. The number of methoxy groups -OCH3 is 2. The summed E-state index contributed by atoms with van der Waals surface area (Å²) in [6, 6.07) is 13.0. The van der Waals surface area contributed by atoms with Crippen molar-refractivity contribution in [1.82, 2.24) is 14.5 Å². The molecule has 0 fully saturated rings. The van der Waals surface area contributed by atoms with E-state index in [1.807, 2.05) is 12.1 Å². The van der Waals surface area contributed by atoms with Crippen molar-refractivity contribution in [3.63, 3.8) is 0 Å². The van der Waals surface area contributed by atoms with E-state index in [1.165, 1.54) is 28.0 Å². The zero-order valence-electron chi connectivity index (χ0n) is 19.2. The number of nitrogens with zero attached hydrogens (tertiary/aromatic N) is 2. The Labute approximate surface area is 204 Å². The number of amides is 1. The first-order chi connectivity index (χ1) is 16.9. The maximum atomic E-state index is 13.3. The van der Waals surface area contributed by atoms with Crippen molar-refractivity contribution in [2.45, 2.75) is 19.5 Å². The maximum absolute atomic E-state index is 13.3. The van der Waals surface area contributed by atoms with Gasteiger partial charge in [0.15, 0.2) is 11.5 Å². The Bertz CT molecular complexity index is 1470. The quantitative estimate of drug-likeness (QED) is 0.384. The third-order valence-corrected chi connectivity index (χ3v) is 6.47. The molecule has 0 unspecified atom stereocenters. The number of nitrogens with one attached hydrogen (secondary N) is 1. The molecule has 0 aliphatic heterocycles. The van der Waals surface area contributed by atoms with Crippen LogP contribution in [-0.4, -0.2) is 35.8 Å². The van der Waals surface area contributed by atoms with E-state index in [-0.39, 0.29) is 12.4 Å². The molecule has 0 aliphatic carbocycles. The average molecular weight is 498 g/mol. The lowest BCUT2D eigenvalue weighted by atomic mass is 10.1. The Balaban J connectivity index is 1.50. The molecule has 1 N–H and O–H groups in total. The molecular formula is C25H24FN3O5S. The molecule has 182 valence electrons. The van der Waals surface area contributed by atoms with Crippen LogP contribution in [0.25, 0.3) is 10.2 Å². The van der Waals surface area contributed by atoms with E-state index in [9.17, 15) is 18.8 Å². The topological polar surface area (TPSA) is 91.6 Å². The number of hydrogen-bond donors (Lipinski definition) is 1. The van der Waals surface area contributed by atoms with Crippen LogP contribution in [0.4, 0.5) is 4.39 Å². The van der Waals surface area contributed by atoms with Gasteiger partial charge in [0.25, 0.3) is 5.56 Å². The fourth-order valence-electron chi connectivity index (χ4n) is 3.78. The number of halogens is 1. The molecule has 2 heterocycles. The minimum Gasteiger partial charge on any atom is -0.493 e. The van der Waals surface area contributed by atoms with Gasteiger partial charge in [-0.05, 0) is 53.3 Å². The Morgan fingerprint density at radius 3 is 2.40 bits per heavy atom. The Morgan fingerprint density at radius 2 is 1.69 bits per heavy atom. The third-order valence-electron chi connectivity index (χ3n) is 5.58. The van der Waals surface area contributed by atoms with Crippen LogP contribution in [0.5, 0.6) is 11.5 Å². The molecule has 2 aromatic carbocycles. The van der Waals surface area contributed by atoms with Crippen molar-refractivity contribution >= 4 is 27.5 Å². The van der Waals surface area contributed by atoms with E-state index in [0.717, 1.165) is 10.1 Å². The van der Waals surface area contributed by atoms with Gasteiger partial charge in [-0.15, -0.1) is 11.3 Å². The number of rotatable bonds is 9. The average Bonchev–Trinajstić information content (AvgIpc) is 3.35. The van der Waals surface area contributed by atoms with E-state index < -0.39 is 23.7 Å². The van der Waals surface area contributed by atoms with Gasteiger partial charge in [0.1, 0.15) is 17.1 Å². The van der Waals surface area contributed by atoms with Gasteiger partial charge in [0, 0.05) is 6.54 Å². The maximum Gasteiger partial charge on any atom is 0.332 e. The standard InChI is InChI=1S/C25H24FN3O5S/c1-33-20-8-5-16(13-21(20)34-2)9-11-27-22(30)15-29-24(31)23-19(10-12-35-23)28(25(29)32)14-17-3-6-18(26)7-4-17/h3-8,10,12-13H,9,11,14-15H2,1-2H3,(H,27,30). The minimum absolute atomic E-state index is 0.146. The molecule has 0 bridgehead atoms. The smallest absolute Gasteiger partial charge is 0.332 e. The molecule has 0 spiro atoms. The highest BCUT2D eigenvalue weighted by Crippen LogP contribution is 2.27. The van der Waals surface area contributed by atoms with Crippen LogP contribution >= 0.6 is 11.3 Å². The monoisotopic (exact) mass is 497 g/mol. The Hall–Kier alpha value is -3.92. The predicted octanol–water partition coefficient (Wildman–Crippen LogP) is 2.79. The predicted molar refractivity (Wildman–Crippen MR) is 132 cm³/mol. The highest BCUT2D eigenvalue weighted by atomic mass is 32.1. The number of thiophene rings is 1. The van der Waals surface area contributed by atoms with Crippen LogP contribution in [0, 0.1) is 5.82 Å². The normalized spacial score (nSPS) is 10.9.